The number of Topliss-reactive ketones (excluding diaryl/α,β-unsaturated/α-hetero) is 1. The molecule has 3 rings (SSSR count). The highest BCUT2D eigenvalue weighted by Crippen LogP contribution is 2.37. The maximum atomic E-state index is 13.9. The molecule has 1 atom stereocenters. The van der Waals surface area contributed by atoms with Gasteiger partial charge in [-0.2, -0.15) is 0 Å². The summed E-state index contributed by atoms with van der Waals surface area (Å²) in [5.41, 5.74) is 10.9. The number of benzene rings is 2. The lowest BCUT2D eigenvalue weighted by atomic mass is 9.89. The lowest BCUT2D eigenvalue weighted by molar-refractivity contribution is -0.127. The van der Waals surface area contributed by atoms with Crippen LogP contribution in [0.1, 0.15) is 102 Å². The van der Waals surface area contributed by atoms with E-state index < -0.39 is 8.60 Å². The molecule has 300 valence electrons. The number of nitrogens with one attached hydrogen (secondary N) is 1. The molecular formula is C40H62N5O8P. The van der Waals surface area contributed by atoms with E-state index >= 15 is 0 Å². The zero-order valence-electron chi connectivity index (χ0n) is 32.6. The molecule has 1 unspecified atom stereocenters. The van der Waals surface area contributed by atoms with Crippen molar-refractivity contribution < 1.29 is 37.8 Å². The largest absolute Gasteiger partial charge is 0.396 e. The number of amides is 2. The van der Waals surface area contributed by atoms with Gasteiger partial charge >= 0.3 is 8.60 Å². The summed E-state index contributed by atoms with van der Waals surface area (Å²) >= 11 is 0. The van der Waals surface area contributed by atoms with E-state index in [0.717, 1.165) is 60.9 Å². The van der Waals surface area contributed by atoms with E-state index in [9.17, 15) is 19.3 Å². The van der Waals surface area contributed by atoms with Crippen molar-refractivity contribution in [1.82, 2.24) is 10.3 Å². The quantitative estimate of drug-likeness (QED) is 0.0400. The van der Waals surface area contributed by atoms with E-state index in [1.165, 1.54) is 7.11 Å². The predicted molar refractivity (Wildman–Crippen MR) is 213 cm³/mol. The topological polar surface area (TPSA) is 179 Å². The lowest BCUT2D eigenvalue weighted by Crippen LogP contribution is -2.37. The standard InChI is InChI=1S/C40H62N5O8P/c1-40(2,3)35(46)22-26-51-28-29-52-27-24-45(42)39-33-18-12-13-19-34(33)44(30-31-16-10-11-17-32(31)38(39)41)37(48)21-9-6-5-8-20-36(47)43-23-14-7-15-25-53-54(49)50-4/h10-13,16-19,49H,5-9,14-15,20-30,41-42H2,1-4H3,(H,43,47)/b39-38-. The van der Waals surface area contributed by atoms with Crippen LogP contribution in [0.5, 0.6) is 0 Å². The van der Waals surface area contributed by atoms with E-state index in [-0.39, 0.29) is 23.0 Å². The molecule has 2 aromatic carbocycles. The van der Waals surface area contributed by atoms with Crippen LogP contribution < -0.4 is 21.8 Å². The Labute approximate surface area is 322 Å². The van der Waals surface area contributed by atoms with Gasteiger partial charge in [-0.05, 0) is 43.7 Å². The highest BCUT2D eigenvalue weighted by atomic mass is 31.2. The third kappa shape index (κ3) is 15.4. The molecule has 13 nitrogen and oxygen atoms in total. The monoisotopic (exact) mass is 771 g/mol. The summed E-state index contributed by atoms with van der Waals surface area (Å²) in [6.45, 7) is 8.89. The number of nitrogens with two attached hydrogens (primary N) is 2. The Morgan fingerprint density at radius 2 is 1.48 bits per heavy atom. The van der Waals surface area contributed by atoms with Gasteiger partial charge in [0.2, 0.25) is 11.8 Å². The van der Waals surface area contributed by atoms with Crippen molar-refractivity contribution in [3.05, 3.63) is 65.2 Å². The number of carbonyl (C=O) groups excluding carboxylic acids is 3. The second kappa shape index (κ2) is 24.2. The van der Waals surface area contributed by atoms with Crippen molar-refractivity contribution in [3.8, 4) is 0 Å². The molecule has 6 N–H and O–H groups in total. The minimum absolute atomic E-state index is 0.00847. The van der Waals surface area contributed by atoms with Crippen molar-refractivity contribution in [2.24, 2.45) is 17.0 Å². The fourth-order valence-electron chi connectivity index (χ4n) is 5.99. The van der Waals surface area contributed by atoms with Crippen molar-refractivity contribution in [1.29, 1.82) is 0 Å². The molecule has 14 heteroatoms. The number of carbonyl (C=O) groups is 3. The smallest absolute Gasteiger partial charge is 0.329 e. The van der Waals surface area contributed by atoms with Gasteiger partial charge in [-0.1, -0.05) is 76.1 Å². The molecule has 54 heavy (non-hydrogen) atoms. The van der Waals surface area contributed by atoms with Crippen molar-refractivity contribution in [3.63, 3.8) is 0 Å². The van der Waals surface area contributed by atoms with Crippen LogP contribution in [0.15, 0.2) is 48.5 Å². The number of hydrogen-bond acceptors (Lipinski definition) is 11. The summed E-state index contributed by atoms with van der Waals surface area (Å²) in [6.07, 6.45) is 6.91. The second-order valence-electron chi connectivity index (χ2n) is 14.3. The van der Waals surface area contributed by atoms with Crippen LogP contribution in [0, 0.1) is 5.41 Å². The molecule has 1 aliphatic heterocycles. The minimum Gasteiger partial charge on any atom is -0.396 e. The lowest BCUT2D eigenvalue weighted by Gasteiger charge is -2.33. The van der Waals surface area contributed by atoms with Crippen LogP contribution in [-0.4, -0.2) is 80.7 Å². The number of unbranched alkanes of at least 4 members (excludes halogenated alkanes) is 5. The Balaban J connectivity index is 1.50. The van der Waals surface area contributed by atoms with Gasteiger partial charge < -0.3 is 44.4 Å². The molecule has 0 saturated heterocycles. The van der Waals surface area contributed by atoms with Crippen LogP contribution >= 0.6 is 8.60 Å². The molecular weight excluding hydrogens is 709 g/mol. The summed E-state index contributed by atoms with van der Waals surface area (Å²) in [6, 6.07) is 15.5. The average molecular weight is 772 g/mol. The zero-order valence-corrected chi connectivity index (χ0v) is 33.5. The molecule has 0 saturated carbocycles. The molecule has 0 spiro atoms. The molecule has 0 aliphatic carbocycles. The van der Waals surface area contributed by atoms with Gasteiger partial charge in [-0.15, -0.1) is 0 Å². The predicted octanol–water partition coefficient (Wildman–Crippen LogP) is 6.04. The van der Waals surface area contributed by atoms with Gasteiger partial charge in [0, 0.05) is 49.5 Å². The first-order valence-electron chi connectivity index (χ1n) is 19.1. The van der Waals surface area contributed by atoms with E-state index in [1.807, 2.05) is 74.2 Å². The summed E-state index contributed by atoms with van der Waals surface area (Å²) < 4.78 is 21.2. The minimum atomic E-state index is -1.78. The van der Waals surface area contributed by atoms with E-state index in [1.54, 1.807) is 5.01 Å². The maximum Gasteiger partial charge on any atom is 0.329 e. The number of nitrogens with zero attached hydrogens (tertiary/aromatic N) is 2. The SMILES string of the molecule is COP(O)OCCCCCNC(=O)CCCCCCC(=O)N1Cc2ccccc2/C(N)=C(/N(N)CCOCCOCCC(=O)C(C)(C)C)c2ccccc21. The number of fused-ring (bicyclic) bond motifs is 2. The van der Waals surface area contributed by atoms with E-state index in [4.69, 9.17) is 25.6 Å². The highest BCUT2D eigenvalue weighted by Gasteiger charge is 2.28. The Kier molecular flexibility index (Phi) is 20.1. The highest BCUT2D eigenvalue weighted by molar-refractivity contribution is 7.40. The molecule has 2 aromatic rings. The fourth-order valence-corrected chi connectivity index (χ4v) is 6.38. The summed E-state index contributed by atoms with van der Waals surface area (Å²) in [7, 11) is -0.378. The van der Waals surface area contributed by atoms with E-state index in [0.29, 0.717) is 89.7 Å². The Hall–Kier alpha value is -3.42. The molecule has 0 radical (unpaired) electrons. The number of ketones is 1. The van der Waals surface area contributed by atoms with Crippen LogP contribution in [0.2, 0.25) is 0 Å². The number of hydrazine groups is 1. The summed E-state index contributed by atoms with van der Waals surface area (Å²) in [5.74, 6) is 6.91. The molecule has 2 amide bonds. The molecule has 0 fully saturated rings. The van der Waals surface area contributed by atoms with Crippen LogP contribution in [0.4, 0.5) is 5.69 Å². The van der Waals surface area contributed by atoms with Gasteiger partial charge in [0.25, 0.3) is 0 Å². The molecule has 1 aliphatic rings. The van der Waals surface area contributed by atoms with Gasteiger partial charge in [-0.25, -0.2) is 5.84 Å². The first kappa shape index (κ1) is 45.0. The molecule has 0 aromatic heterocycles. The van der Waals surface area contributed by atoms with E-state index in [2.05, 4.69) is 9.84 Å². The number of para-hydroxylation sites is 1. The zero-order chi connectivity index (χ0) is 39.3. The number of rotatable bonds is 25. The number of anilines is 1. The van der Waals surface area contributed by atoms with Gasteiger partial charge in [0.1, 0.15) is 5.78 Å². The van der Waals surface area contributed by atoms with Crippen LogP contribution in [0.25, 0.3) is 11.4 Å². The fraction of sp³-hybridized carbons (Fsp3) is 0.575. The van der Waals surface area contributed by atoms with Crippen LogP contribution in [0.3, 0.4) is 0 Å². The third-order valence-corrected chi connectivity index (χ3v) is 9.85. The first-order chi connectivity index (χ1) is 25.9. The number of ether oxygens (including phenoxy) is 2. The maximum absolute atomic E-state index is 13.9. The Morgan fingerprint density at radius 3 is 2.20 bits per heavy atom. The van der Waals surface area contributed by atoms with Gasteiger partial charge in [0.15, 0.2) is 0 Å². The average Bonchev–Trinajstić information content (AvgIpc) is 3.15. The normalized spacial score (nSPS) is 14.8. The van der Waals surface area contributed by atoms with Gasteiger partial charge in [0.05, 0.1) is 63.2 Å². The first-order valence-corrected chi connectivity index (χ1v) is 20.2. The number of hydrogen-bond donors (Lipinski definition) is 4. The molecule has 0 bridgehead atoms. The second-order valence-corrected chi connectivity index (χ2v) is 15.4. The van der Waals surface area contributed by atoms with Crippen molar-refractivity contribution in [2.75, 3.05) is 58.1 Å². The summed E-state index contributed by atoms with van der Waals surface area (Å²) in [4.78, 5) is 49.3. The Bertz CT molecular complexity index is 1500. The third-order valence-electron chi connectivity index (χ3n) is 9.13. The summed E-state index contributed by atoms with van der Waals surface area (Å²) in [5, 5.41) is 4.55. The van der Waals surface area contributed by atoms with Crippen molar-refractivity contribution in [2.45, 2.75) is 91.5 Å². The molecule has 1 heterocycles. The van der Waals surface area contributed by atoms with Gasteiger partial charge in [-0.3, -0.25) is 14.4 Å². The Morgan fingerprint density at radius 1 is 0.833 bits per heavy atom. The van der Waals surface area contributed by atoms with Crippen molar-refractivity contribution >= 4 is 43.3 Å². The van der Waals surface area contributed by atoms with Crippen LogP contribution in [-0.2, 0) is 39.4 Å².